The molecule has 1 saturated carbocycles. The lowest BCUT2D eigenvalue weighted by Crippen LogP contribution is -2.41. The summed E-state index contributed by atoms with van der Waals surface area (Å²) in [6.45, 7) is 4.05. The molecule has 106 valence electrons. The fourth-order valence-electron chi connectivity index (χ4n) is 2.90. The minimum Gasteiger partial charge on any atom is -0.337 e. The summed E-state index contributed by atoms with van der Waals surface area (Å²) in [5, 5.41) is 4.02. The van der Waals surface area contributed by atoms with E-state index in [4.69, 9.17) is 10.3 Å². The zero-order valence-electron chi connectivity index (χ0n) is 11.8. The van der Waals surface area contributed by atoms with Crippen molar-refractivity contribution in [3.63, 3.8) is 0 Å². The molecule has 0 amide bonds. The summed E-state index contributed by atoms with van der Waals surface area (Å²) in [5.74, 6) is 2.27. The Hall–Kier alpha value is -1.82. The summed E-state index contributed by atoms with van der Waals surface area (Å²) in [7, 11) is 0. The fourth-order valence-corrected chi connectivity index (χ4v) is 2.90. The first-order valence-electron chi connectivity index (χ1n) is 7.00. The number of aromatic nitrogens is 4. The Kier molecular flexibility index (Phi) is 3.25. The predicted molar refractivity (Wildman–Crippen MR) is 73.6 cm³/mol. The second-order valence-corrected chi connectivity index (χ2v) is 5.77. The van der Waals surface area contributed by atoms with Gasteiger partial charge in [-0.1, -0.05) is 24.9 Å². The molecule has 0 bridgehead atoms. The molecule has 6 nitrogen and oxygen atoms in total. The van der Waals surface area contributed by atoms with Gasteiger partial charge in [-0.3, -0.25) is 0 Å². The molecule has 0 aliphatic heterocycles. The van der Waals surface area contributed by atoms with Gasteiger partial charge in [0.15, 0.2) is 0 Å². The van der Waals surface area contributed by atoms with Gasteiger partial charge in [0, 0.05) is 6.20 Å². The first-order chi connectivity index (χ1) is 9.57. The Morgan fingerprint density at radius 2 is 2.25 bits per heavy atom. The van der Waals surface area contributed by atoms with E-state index < -0.39 is 5.54 Å². The molecular formula is C14H19N5O. The summed E-state index contributed by atoms with van der Waals surface area (Å²) in [4.78, 5) is 12.8. The van der Waals surface area contributed by atoms with Crippen molar-refractivity contribution in [2.45, 2.75) is 45.1 Å². The van der Waals surface area contributed by atoms with Gasteiger partial charge in [0.05, 0.1) is 5.54 Å². The van der Waals surface area contributed by atoms with Gasteiger partial charge in [0.1, 0.15) is 11.5 Å². The third kappa shape index (κ3) is 2.43. The molecule has 1 fully saturated rings. The second kappa shape index (κ2) is 4.94. The number of hydrogen-bond acceptors (Lipinski definition) is 6. The average molecular weight is 273 g/mol. The highest BCUT2D eigenvalue weighted by Gasteiger charge is 2.37. The molecule has 0 radical (unpaired) electrons. The van der Waals surface area contributed by atoms with Gasteiger partial charge in [0.25, 0.3) is 0 Å². The van der Waals surface area contributed by atoms with Crippen LogP contribution in [0.4, 0.5) is 0 Å². The largest absolute Gasteiger partial charge is 0.337 e. The Morgan fingerprint density at radius 1 is 1.40 bits per heavy atom. The molecule has 2 aromatic rings. The van der Waals surface area contributed by atoms with E-state index in [0.717, 1.165) is 19.3 Å². The van der Waals surface area contributed by atoms with E-state index in [1.807, 2.05) is 6.92 Å². The Morgan fingerprint density at radius 3 is 3.00 bits per heavy atom. The van der Waals surface area contributed by atoms with Crippen molar-refractivity contribution in [1.82, 2.24) is 20.1 Å². The number of rotatable bonds is 2. The van der Waals surface area contributed by atoms with E-state index >= 15 is 0 Å². The van der Waals surface area contributed by atoms with Crippen molar-refractivity contribution >= 4 is 0 Å². The summed E-state index contributed by atoms with van der Waals surface area (Å²) in [6.07, 6.45) is 5.78. The van der Waals surface area contributed by atoms with Gasteiger partial charge in [-0.05, 0) is 31.7 Å². The van der Waals surface area contributed by atoms with Crippen LogP contribution < -0.4 is 5.73 Å². The van der Waals surface area contributed by atoms with E-state index in [0.29, 0.717) is 29.2 Å². The van der Waals surface area contributed by atoms with Crippen LogP contribution in [0, 0.1) is 12.8 Å². The molecule has 2 atom stereocenters. The van der Waals surface area contributed by atoms with E-state index in [1.54, 1.807) is 12.3 Å². The van der Waals surface area contributed by atoms with E-state index in [1.165, 1.54) is 6.42 Å². The molecule has 1 aliphatic rings. The lowest BCUT2D eigenvalue weighted by Gasteiger charge is -2.33. The molecule has 1 aliphatic carbocycles. The molecule has 2 aromatic heterocycles. The Bertz CT molecular complexity index is 611. The van der Waals surface area contributed by atoms with Crippen LogP contribution in [0.25, 0.3) is 11.5 Å². The molecule has 3 rings (SSSR count). The fraction of sp³-hybridized carbons (Fsp3) is 0.571. The molecule has 0 saturated heterocycles. The van der Waals surface area contributed by atoms with Crippen LogP contribution in [0.5, 0.6) is 0 Å². The summed E-state index contributed by atoms with van der Waals surface area (Å²) in [6, 6.07) is 1.77. The summed E-state index contributed by atoms with van der Waals surface area (Å²) in [5.41, 5.74) is 6.63. The zero-order chi connectivity index (χ0) is 14.2. The van der Waals surface area contributed by atoms with Crippen molar-refractivity contribution in [1.29, 1.82) is 0 Å². The maximum atomic E-state index is 6.46. The average Bonchev–Trinajstić information content (AvgIpc) is 2.88. The minimum absolute atomic E-state index is 0.480. The van der Waals surface area contributed by atoms with Crippen LogP contribution in [-0.4, -0.2) is 20.1 Å². The molecule has 0 spiro atoms. The normalized spacial score (nSPS) is 26.6. The second-order valence-electron chi connectivity index (χ2n) is 5.77. The summed E-state index contributed by atoms with van der Waals surface area (Å²) < 4.78 is 5.40. The Balaban J connectivity index is 1.90. The molecule has 6 heteroatoms. The maximum Gasteiger partial charge on any atom is 0.247 e. The van der Waals surface area contributed by atoms with Gasteiger partial charge in [-0.15, -0.1) is 0 Å². The van der Waals surface area contributed by atoms with Crippen LogP contribution >= 0.6 is 0 Å². The first-order valence-corrected chi connectivity index (χ1v) is 7.00. The standard InChI is InChI=1S/C14H19N5O/c1-9-4-3-6-14(15,8-9)13-18-12(19-20-13)11-5-7-16-10(2)17-11/h5,7,9H,3-4,6,8,15H2,1-2H3. The smallest absolute Gasteiger partial charge is 0.247 e. The Labute approximate surface area is 117 Å². The monoisotopic (exact) mass is 273 g/mol. The molecular weight excluding hydrogens is 254 g/mol. The van der Waals surface area contributed by atoms with Gasteiger partial charge in [-0.2, -0.15) is 4.98 Å². The van der Waals surface area contributed by atoms with Crippen molar-refractivity contribution in [2.75, 3.05) is 0 Å². The van der Waals surface area contributed by atoms with Crippen LogP contribution in [0.1, 0.15) is 44.3 Å². The SMILES string of the molecule is Cc1nccc(-c2noc(C3(N)CCCC(C)C3)n2)n1. The molecule has 2 heterocycles. The van der Waals surface area contributed by atoms with Crippen LogP contribution in [0.2, 0.25) is 0 Å². The predicted octanol–water partition coefficient (Wildman–Crippen LogP) is 2.20. The van der Waals surface area contributed by atoms with Crippen molar-refractivity contribution < 1.29 is 4.52 Å². The van der Waals surface area contributed by atoms with E-state index in [-0.39, 0.29) is 0 Å². The molecule has 0 aromatic carbocycles. The van der Waals surface area contributed by atoms with Gasteiger partial charge in [-0.25, -0.2) is 9.97 Å². The van der Waals surface area contributed by atoms with Gasteiger partial charge in [0.2, 0.25) is 11.7 Å². The highest BCUT2D eigenvalue weighted by atomic mass is 16.5. The highest BCUT2D eigenvalue weighted by Crippen LogP contribution is 2.37. The van der Waals surface area contributed by atoms with Crippen LogP contribution in [0.3, 0.4) is 0 Å². The maximum absolute atomic E-state index is 6.46. The summed E-state index contributed by atoms with van der Waals surface area (Å²) >= 11 is 0. The number of nitrogens with two attached hydrogens (primary N) is 1. The lowest BCUT2D eigenvalue weighted by atomic mass is 9.77. The minimum atomic E-state index is -0.495. The lowest BCUT2D eigenvalue weighted by molar-refractivity contribution is 0.183. The molecule has 2 N–H and O–H groups in total. The third-order valence-corrected chi connectivity index (χ3v) is 3.89. The zero-order valence-corrected chi connectivity index (χ0v) is 11.8. The topological polar surface area (TPSA) is 90.7 Å². The third-order valence-electron chi connectivity index (χ3n) is 3.89. The van der Waals surface area contributed by atoms with Crippen molar-refractivity contribution in [3.8, 4) is 11.5 Å². The van der Waals surface area contributed by atoms with Gasteiger partial charge >= 0.3 is 0 Å². The highest BCUT2D eigenvalue weighted by molar-refractivity contribution is 5.47. The number of nitrogens with zero attached hydrogens (tertiary/aromatic N) is 4. The van der Waals surface area contributed by atoms with Crippen LogP contribution in [-0.2, 0) is 5.54 Å². The van der Waals surface area contributed by atoms with Gasteiger partial charge < -0.3 is 10.3 Å². The number of hydrogen-bond donors (Lipinski definition) is 1. The van der Waals surface area contributed by atoms with E-state index in [2.05, 4.69) is 27.0 Å². The molecule has 2 unspecified atom stereocenters. The quantitative estimate of drug-likeness (QED) is 0.902. The van der Waals surface area contributed by atoms with Crippen molar-refractivity contribution in [3.05, 3.63) is 24.0 Å². The van der Waals surface area contributed by atoms with E-state index in [9.17, 15) is 0 Å². The first kappa shape index (κ1) is 13.2. The van der Waals surface area contributed by atoms with Crippen LogP contribution in [0.15, 0.2) is 16.8 Å². The molecule has 20 heavy (non-hydrogen) atoms. The number of aryl methyl sites for hydroxylation is 1. The van der Waals surface area contributed by atoms with Crippen molar-refractivity contribution in [2.24, 2.45) is 11.7 Å².